The van der Waals surface area contributed by atoms with E-state index < -0.39 is 5.54 Å². The van der Waals surface area contributed by atoms with Crippen molar-refractivity contribution in [1.29, 1.82) is 0 Å². The Morgan fingerprint density at radius 3 is 1.85 bits per heavy atom. The number of carbonyl (C=O) groups is 1. The molecule has 0 heterocycles. The zero-order valence-electron chi connectivity index (χ0n) is 16.6. The zero-order chi connectivity index (χ0) is 19.8. The van der Waals surface area contributed by atoms with Crippen molar-refractivity contribution in [2.45, 2.75) is 54.0 Å². The Morgan fingerprint density at radius 2 is 1.38 bits per heavy atom. The monoisotopic (exact) mass is 353 g/mol. The normalized spacial score (nSPS) is 17.9. The van der Waals surface area contributed by atoms with E-state index in [1.807, 2.05) is 60.6 Å². The fourth-order valence-electron chi connectivity index (χ4n) is 2.85. The second-order valence-electron chi connectivity index (χ2n) is 8.98. The molecule has 26 heavy (non-hydrogen) atoms. The van der Waals surface area contributed by atoms with E-state index in [-0.39, 0.29) is 16.6 Å². The summed E-state index contributed by atoms with van der Waals surface area (Å²) >= 11 is 0. The number of hydrogen-bond acceptors (Lipinski definition) is 5. The number of Topliss-reactive ketones (excluding diaryl/α,β-unsaturated/α-hetero) is 1. The van der Waals surface area contributed by atoms with Crippen LogP contribution in [-0.2, 0) is 4.79 Å². The van der Waals surface area contributed by atoms with Gasteiger partial charge in [0, 0.05) is 11.1 Å². The standard InChI is InChI=1S/C21H27N3O2/c1-19(2,3)16-12-21(7,13-17(18(16)25)20(4,5)6)24-22-14-9-8-10-15(11-14)23-26/h8-13H,1-7H3. The van der Waals surface area contributed by atoms with E-state index in [0.717, 1.165) is 11.1 Å². The first-order valence-corrected chi connectivity index (χ1v) is 8.73. The first kappa shape index (κ1) is 19.9. The van der Waals surface area contributed by atoms with E-state index in [1.165, 1.54) is 0 Å². The van der Waals surface area contributed by atoms with Gasteiger partial charge in [0.2, 0.25) is 0 Å². The van der Waals surface area contributed by atoms with Crippen molar-refractivity contribution in [2.75, 3.05) is 0 Å². The van der Waals surface area contributed by atoms with Gasteiger partial charge >= 0.3 is 0 Å². The lowest BCUT2D eigenvalue weighted by Gasteiger charge is -2.35. The predicted molar refractivity (Wildman–Crippen MR) is 105 cm³/mol. The number of allylic oxidation sites excluding steroid dienone is 2. The van der Waals surface area contributed by atoms with Gasteiger partial charge in [-0.15, -0.1) is 4.91 Å². The van der Waals surface area contributed by atoms with Crippen LogP contribution in [0.25, 0.3) is 0 Å². The molecule has 0 saturated heterocycles. The summed E-state index contributed by atoms with van der Waals surface area (Å²) in [5, 5.41) is 11.7. The molecule has 1 aliphatic carbocycles. The van der Waals surface area contributed by atoms with Crippen molar-refractivity contribution in [3.8, 4) is 0 Å². The van der Waals surface area contributed by atoms with Crippen molar-refractivity contribution >= 4 is 17.2 Å². The van der Waals surface area contributed by atoms with Crippen molar-refractivity contribution in [3.63, 3.8) is 0 Å². The van der Waals surface area contributed by atoms with Crippen LogP contribution in [0, 0.1) is 15.7 Å². The molecule has 0 radical (unpaired) electrons. The van der Waals surface area contributed by atoms with Crippen LogP contribution in [0.5, 0.6) is 0 Å². The Bertz CT molecular complexity index is 784. The van der Waals surface area contributed by atoms with Crippen LogP contribution >= 0.6 is 0 Å². The molecule has 0 aromatic heterocycles. The molecule has 0 atom stereocenters. The van der Waals surface area contributed by atoms with Gasteiger partial charge in [-0.3, -0.25) is 4.79 Å². The van der Waals surface area contributed by atoms with Crippen molar-refractivity contribution in [2.24, 2.45) is 26.2 Å². The summed E-state index contributed by atoms with van der Waals surface area (Å²) < 4.78 is 0. The minimum absolute atomic E-state index is 0.0739. The minimum Gasteiger partial charge on any atom is -0.289 e. The zero-order valence-corrected chi connectivity index (χ0v) is 16.6. The van der Waals surface area contributed by atoms with E-state index in [2.05, 4.69) is 15.4 Å². The fourth-order valence-corrected chi connectivity index (χ4v) is 2.85. The number of nitrogens with zero attached hydrogens (tertiary/aromatic N) is 3. The van der Waals surface area contributed by atoms with Crippen LogP contribution in [-0.4, -0.2) is 11.3 Å². The van der Waals surface area contributed by atoms with Crippen LogP contribution in [0.2, 0.25) is 0 Å². The van der Waals surface area contributed by atoms with E-state index in [1.54, 1.807) is 24.3 Å². The number of nitroso groups, excluding NO2 is 1. The van der Waals surface area contributed by atoms with Gasteiger partial charge in [-0.25, -0.2) is 0 Å². The molecule has 2 rings (SSSR count). The smallest absolute Gasteiger partial charge is 0.185 e. The molecule has 0 aliphatic heterocycles. The van der Waals surface area contributed by atoms with E-state index >= 15 is 0 Å². The number of hydrogen-bond donors (Lipinski definition) is 0. The van der Waals surface area contributed by atoms with Gasteiger partial charge in [0.15, 0.2) is 5.78 Å². The lowest BCUT2D eigenvalue weighted by Crippen LogP contribution is -2.34. The topological polar surface area (TPSA) is 71.2 Å². The lowest BCUT2D eigenvalue weighted by molar-refractivity contribution is -0.114. The summed E-state index contributed by atoms with van der Waals surface area (Å²) in [4.78, 5) is 23.7. The molecule has 1 aromatic carbocycles. The second-order valence-corrected chi connectivity index (χ2v) is 8.98. The Balaban J connectivity index is 2.53. The molecular weight excluding hydrogens is 326 g/mol. The van der Waals surface area contributed by atoms with Gasteiger partial charge in [-0.2, -0.15) is 10.2 Å². The molecular formula is C21H27N3O2. The Kier molecular flexibility index (Phi) is 5.13. The molecule has 138 valence electrons. The van der Waals surface area contributed by atoms with E-state index in [4.69, 9.17) is 0 Å². The van der Waals surface area contributed by atoms with Gasteiger partial charge < -0.3 is 0 Å². The lowest BCUT2D eigenvalue weighted by atomic mass is 9.69. The van der Waals surface area contributed by atoms with E-state index in [9.17, 15) is 9.70 Å². The van der Waals surface area contributed by atoms with Crippen molar-refractivity contribution in [1.82, 2.24) is 0 Å². The molecule has 0 bridgehead atoms. The molecule has 1 aliphatic rings. The molecule has 0 saturated carbocycles. The largest absolute Gasteiger partial charge is 0.289 e. The van der Waals surface area contributed by atoms with Crippen LogP contribution < -0.4 is 0 Å². The Morgan fingerprint density at radius 1 is 0.885 bits per heavy atom. The van der Waals surface area contributed by atoms with Crippen LogP contribution in [0.15, 0.2) is 63.0 Å². The molecule has 5 nitrogen and oxygen atoms in total. The van der Waals surface area contributed by atoms with Gasteiger partial charge in [0.25, 0.3) is 0 Å². The van der Waals surface area contributed by atoms with Crippen LogP contribution in [0.4, 0.5) is 11.4 Å². The van der Waals surface area contributed by atoms with Gasteiger partial charge in [-0.1, -0.05) is 47.6 Å². The van der Waals surface area contributed by atoms with Gasteiger partial charge in [0.05, 0.1) is 5.69 Å². The highest BCUT2D eigenvalue weighted by Crippen LogP contribution is 2.41. The second kappa shape index (κ2) is 6.71. The Labute approximate surface area is 155 Å². The summed E-state index contributed by atoms with van der Waals surface area (Å²) in [5.41, 5.74) is 1.03. The Hall–Kier alpha value is -2.43. The third-order valence-electron chi connectivity index (χ3n) is 4.29. The van der Waals surface area contributed by atoms with Gasteiger partial charge in [0.1, 0.15) is 11.2 Å². The SMILES string of the molecule is CC1(N=Nc2cccc(N=O)c2)C=C(C(C)(C)C)C(=O)C(C(C)(C)C)=C1. The molecule has 0 spiro atoms. The van der Waals surface area contributed by atoms with Crippen LogP contribution in [0.1, 0.15) is 48.5 Å². The maximum Gasteiger partial charge on any atom is 0.185 e. The number of ketones is 1. The summed E-state index contributed by atoms with van der Waals surface area (Å²) in [6.07, 6.45) is 3.80. The number of carbonyl (C=O) groups excluding carboxylic acids is 1. The highest BCUT2D eigenvalue weighted by atomic mass is 16.3. The van der Waals surface area contributed by atoms with Crippen molar-refractivity contribution in [3.05, 3.63) is 52.5 Å². The van der Waals surface area contributed by atoms with Gasteiger partial charge in [-0.05, 0) is 53.3 Å². The average molecular weight is 353 g/mol. The summed E-state index contributed by atoms with van der Waals surface area (Å²) in [7, 11) is 0. The summed E-state index contributed by atoms with van der Waals surface area (Å²) in [5.74, 6) is 0.0739. The predicted octanol–water partition coefficient (Wildman–Crippen LogP) is 6.45. The molecule has 0 amide bonds. The molecule has 0 unspecified atom stereocenters. The minimum atomic E-state index is -0.732. The maximum atomic E-state index is 13.0. The third kappa shape index (κ3) is 4.40. The van der Waals surface area contributed by atoms with E-state index in [0.29, 0.717) is 11.4 Å². The van der Waals surface area contributed by atoms with Crippen LogP contribution in [0.3, 0.4) is 0 Å². The number of rotatable bonds is 3. The first-order valence-electron chi connectivity index (χ1n) is 8.73. The molecule has 1 aromatic rings. The summed E-state index contributed by atoms with van der Waals surface area (Å²) in [6.45, 7) is 14.1. The third-order valence-corrected chi connectivity index (χ3v) is 4.29. The fraction of sp³-hybridized carbons (Fsp3) is 0.476. The first-order chi connectivity index (χ1) is 11.9. The average Bonchev–Trinajstić information content (AvgIpc) is 2.53. The number of benzene rings is 1. The molecule has 0 N–H and O–H groups in total. The highest BCUT2D eigenvalue weighted by molar-refractivity contribution is 6.11. The number of azo groups is 1. The molecule has 0 fully saturated rings. The van der Waals surface area contributed by atoms with Crippen molar-refractivity contribution < 1.29 is 4.79 Å². The quantitative estimate of drug-likeness (QED) is 0.462. The summed E-state index contributed by atoms with van der Waals surface area (Å²) in [6, 6.07) is 6.67. The maximum absolute atomic E-state index is 13.0. The highest BCUT2D eigenvalue weighted by Gasteiger charge is 2.39. The molecule has 5 heteroatoms.